The fourth-order valence-electron chi connectivity index (χ4n) is 3.29. The summed E-state index contributed by atoms with van der Waals surface area (Å²) in [6.45, 7) is 0.981. The summed E-state index contributed by atoms with van der Waals surface area (Å²) in [4.78, 5) is 25.5. The van der Waals surface area contributed by atoms with E-state index in [1.165, 1.54) is 32.1 Å². The quantitative estimate of drug-likeness (QED) is 0.928. The van der Waals surface area contributed by atoms with Crippen molar-refractivity contribution < 1.29 is 14.3 Å². The summed E-state index contributed by atoms with van der Waals surface area (Å²) >= 11 is 0. The molecule has 0 bridgehead atoms. The molecule has 1 saturated heterocycles. The molecule has 1 saturated carbocycles. The Bertz CT molecular complexity index is 548. The van der Waals surface area contributed by atoms with Crippen LogP contribution in [0, 0.1) is 0 Å². The van der Waals surface area contributed by atoms with Crippen molar-refractivity contribution in [2.75, 3.05) is 18.1 Å². The Morgan fingerprint density at radius 3 is 2.30 bits per heavy atom. The van der Waals surface area contributed by atoms with Crippen LogP contribution in [0.2, 0.25) is 0 Å². The number of hydrogen-bond acceptors (Lipinski definition) is 3. The van der Waals surface area contributed by atoms with Crippen LogP contribution in [0.1, 0.15) is 55.3 Å². The number of benzene rings is 1. The fraction of sp³-hybridized carbons (Fsp3) is 0.556. The first-order valence-corrected chi connectivity index (χ1v) is 8.59. The molecular formula is C18H24N2O3. The van der Waals surface area contributed by atoms with Crippen molar-refractivity contribution in [1.82, 2.24) is 5.32 Å². The Morgan fingerprint density at radius 2 is 1.70 bits per heavy atom. The van der Waals surface area contributed by atoms with E-state index >= 15 is 0 Å². The summed E-state index contributed by atoms with van der Waals surface area (Å²) in [5.74, 6) is -0.0221. The Morgan fingerprint density at radius 1 is 1.04 bits per heavy atom. The van der Waals surface area contributed by atoms with Crippen LogP contribution in [0.3, 0.4) is 0 Å². The van der Waals surface area contributed by atoms with Crippen LogP contribution in [0.15, 0.2) is 24.3 Å². The van der Waals surface area contributed by atoms with E-state index in [0.29, 0.717) is 18.7 Å². The van der Waals surface area contributed by atoms with Crippen molar-refractivity contribution in [2.24, 2.45) is 0 Å². The molecular weight excluding hydrogens is 292 g/mol. The van der Waals surface area contributed by atoms with Gasteiger partial charge < -0.3 is 10.1 Å². The first kappa shape index (κ1) is 15.8. The third-order valence-electron chi connectivity index (χ3n) is 4.64. The molecule has 1 heterocycles. The lowest BCUT2D eigenvalue weighted by Crippen LogP contribution is -2.35. The minimum Gasteiger partial charge on any atom is -0.447 e. The lowest BCUT2D eigenvalue weighted by Gasteiger charge is -2.21. The molecule has 5 heteroatoms. The van der Waals surface area contributed by atoms with E-state index in [4.69, 9.17) is 4.74 Å². The van der Waals surface area contributed by atoms with Crippen LogP contribution in [0.4, 0.5) is 10.5 Å². The number of ether oxygens (including phenoxy) is 1. The lowest BCUT2D eigenvalue weighted by atomic mass is 9.96. The van der Waals surface area contributed by atoms with Crippen LogP contribution in [-0.4, -0.2) is 31.2 Å². The topological polar surface area (TPSA) is 58.6 Å². The minimum atomic E-state index is -0.322. The number of nitrogens with one attached hydrogen (secondary N) is 1. The number of carbonyl (C=O) groups excluding carboxylic acids is 2. The molecule has 1 aromatic rings. The molecule has 0 atom stereocenters. The third kappa shape index (κ3) is 4.03. The zero-order valence-corrected chi connectivity index (χ0v) is 13.4. The van der Waals surface area contributed by atoms with Gasteiger partial charge in [0.15, 0.2) is 0 Å². The molecule has 5 nitrogen and oxygen atoms in total. The second-order valence-electron chi connectivity index (χ2n) is 6.33. The van der Waals surface area contributed by atoms with Gasteiger partial charge in [-0.3, -0.25) is 9.69 Å². The summed E-state index contributed by atoms with van der Waals surface area (Å²) in [5.41, 5.74) is 1.42. The van der Waals surface area contributed by atoms with Gasteiger partial charge in [0.2, 0.25) is 0 Å². The van der Waals surface area contributed by atoms with E-state index in [1.807, 2.05) is 0 Å². The van der Waals surface area contributed by atoms with Gasteiger partial charge >= 0.3 is 6.09 Å². The highest BCUT2D eigenvalue weighted by Gasteiger charge is 2.23. The maximum atomic E-state index is 12.4. The van der Waals surface area contributed by atoms with Crippen LogP contribution in [-0.2, 0) is 4.74 Å². The van der Waals surface area contributed by atoms with E-state index in [2.05, 4.69) is 5.32 Å². The Kier molecular flexibility index (Phi) is 5.16. The third-order valence-corrected chi connectivity index (χ3v) is 4.64. The summed E-state index contributed by atoms with van der Waals surface area (Å²) in [6.07, 6.45) is 8.08. The van der Waals surface area contributed by atoms with Crippen molar-refractivity contribution >= 4 is 17.7 Å². The standard InChI is InChI=1S/C18H24N2O3/c21-17(19-15-6-4-2-1-3-5-7-15)14-8-10-16(11-9-14)20-12-13-23-18(20)22/h8-11,15H,1-7,12-13H2,(H,19,21). The molecule has 1 aliphatic heterocycles. The number of hydrogen-bond donors (Lipinski definition) is 1. The van der Waals surface area contributed by atoms with Gasteiger partial charge in [-0.05, 0) is 37.1 Å². The van der Waals surface area contributed by atoms with Crippen LogP contribution in [0.25, 0.3) is 0 Å². The molecule has 1 aromatic carbocycles. The van der Waals surface area contributed by atoms with Crippen molar-refractivity contribution in [3.8, 4) is 0 Å². The minimum absolute atomic E-state index is 0.0221. The molecule has 2 aliphatic rings. The second-order valence-corrected chi connectivity index (χ2v) is 6.33. The Balaban J connectivity index is 1.59. The monoisotopic (exact) mass is 316 g/mol. The van der Waals surface area contributed by atoms with Crippen LogP contribution >= 0.6 is 0 Å². The number of nitrogens with zero attached hydrogens (tertiary/aromatic N) is 1. The number of carbonyl (C=O) groups is 2. The molecule has 23 heavy (non-hydrogen) atoms. The smallest absolute Gasteiger partial charge is 0.414 e. The second kappa shape index (κ2) is 7.49. The molecule has 3 rings (SSSR count). The SMILES string of the molecule is O=C(NC1CCCCCCC1)c1ccc(N2CCOC2=O)cc1. The summed E-state index contributed by atoms with van der Waals surface area (Å²) in [6, 6.07) is 7.45. The first-order chi connectivity index (χ1) is 11.2. The van der Waals surface area contributed by atoms with Gasteiger partial charge in [0, 0.05) is 17.3 Å². The average Bonchev–Trinajstić information content (AvgIpc) is 2.96. The Hall–Kier alpha value is -2.04. The van der Waals surface area contributed by atoms with E-state index < -0.39 is 0 Å². The first-order valence-electron chi connectivity index (χ1n) is 8.59. The van der Waals surface area contributed by atoms with Crippen molar-refractivity contribution in [2.45, 2.75) is 51.0 Å². The van der Waals surface area contributed by atoms with Gasteiger partial charge in [0.1, 0.15) is 6.61 Å². The largest absolute Gasteiger partial charge is 0.447 e. The highest BCUT2D eigenvalue weighted by Crippen LogP contribution is 2.20. The van der Waals surface area contributed by atoms with Crippen molar-refractivity contribution in [3.05, 3.63) is 29.8 Å². The van der Waals surface area contributed by atoms with Crippen LogP contribution in [0.5, 0.6) is 0 Å². The summed E-state index contributed by atoms with van der Waals surface area (Å²) in [5, 5.41) is 3.16. The molecule has 2 amide bonds. The number of amides is 2. The fourth-order valence-corrected chi connectivity index (χ4v) is 3.29. The van der Waals surface area contributed by atoms with E-state index in [-0.39, 0.29) is 18.0 Å². The highest BCUT2D eigenvalue weighted by molar-refractivity contribution is 5.95. The average molecular weight is 316 g/mol. The van der Waals surface area contributed by atoms with Crippen molar-refractivity contribution in [1.29, 1.82) is 0 Å². The van der Waals surface area contributed by atoms with Gasteiger partial charge in [-0.25, -0.2) is 4.79 Å². The van der Waals surface area contributed by atoms with E-state index in [1.54, 1.807) is 29.2 Å². The van der Waals surface area contributed by atoms with E-state index in [9.17, 15) is 9.59 Å². The molecule has 1 N–H and O–H groups in total. The maximum Gasteiger partial charge on any atom is 0.414 e. The number of anilines is 1. The molecule has 0 spiro atoms. The Labute approximate surface area is 137 Å². The highest BCUT2D eigenvalue weighted by atomic mass is 16.6. The lowest BCUT2D eigenvalue weighted by molar-refractivity contribution is 0.0930. The van der Waals surface area contributed by atoms with Gasteiger partial charge in [-0.15, -0.1) is 0 Å². The number of cyclic esters (lactones) is 1. The maximum absolute atomic E-state index is 12.4. The van der Waals surface area contributed by atoms with Gasteiger partial charge in [0.05, 0.1) is 6.54 Å². The predicted molar refractivity (Wildman–Crippen MR) is 88.7 cm³/mol. The molecule has 124 valence electrons. The van der Waals surface area contributed by atoms with Crippen molar-refractivity contribution in [3.63, 3.8) is 0 Å². The molecule has 0 aromatic heterocycles. The molecule has 0 unspecified atom stereocenters. The molecule has 2 fully saturated rings. The number of rotatable bonds is 3. The molecule has 0 radical (unpaired) electrons. The summed E-state index contributed by atoms with van der Waals surface area (Å²) < 4.78 is 4.93. The normalized spacial score (nSPS) is 19.8. The van der Waals surface area contributed by atoms with Gasteiger partial charge in [-0.2, -0.15) is 0 Å². The van der Waals surface area contributed by atoms with E-state index in [0.717, 1.165) is 18.5 Å². The zero-order chi connectivity index (χ0) is 16.1. The van der Waals surface area contributed by atoms with Gasteiger partial charge in [-0.1, -0.05) is 32.1 Å². The summed E-state index contributed by atoms with van der Waals surface area (Å²) in [7, 11) is 0. The predicted octanol–water partition coefficient (Wildman–Crippen LogP) is 3.49. The zero-order valence-electron chi connectivity index (χ0n) is 13.4. The van der Waals surface area contributed by atoms with Crippen LogP contribution < -0.4 is 10.2 Å². The van der Waals surface area contributed by atoms with Gasteiger partial charge in [0.25, 0.3) is 5.91 Å². The molecule has 1 aliphatic carbocycles.